The Balaban J connectivity index is 1.80. The molecule has 2 aliphatic rings. The minimum absolute atomic E-state index is 0.118. The molecular weight excluding hydrogens is 210 g/mol. The summed E-state index contributed by atoms with van der Waals surface area (Å²) >= 11 is 1.88. The monoisotopic (exact) mass is 231 g/mol. The number of ether oxygens (including phenoxy) is 1. The van der Waals surface area contributed by atoms with Crippen LogP contribution in [0.4, 0.5) is 0 Å². The van der Waals surface area contributed by atoms with Crippen LogP contribution in [0, 0.1) is 5.92 Å². The fraction of sp³-hybridized carbons (Fsp3) is 1.00. The quantitative estimate of drug-likeness (QED) is 0.741. The van der Waals surface area contributed by atoms with Gasteiger partial charge in [-0.05, 0) is 32.1 Å². The fourth-order valence-electron chi connectivity index (χ4n) is 2.14. The highest BCUT2D eigenvalue weighted by Crippen LogP contribution is 2.41. The van der Waals surface area contributed by atoms with Crippen molar-refractivity contribution in [3.63, 3.8) is 0 Å². The highest BCUT2D eigenvalue weighted by atomic mass is 32.2. The van der Waals surface area contributed by atoms with E-state index in [0.717, 1.165) is 18.8 Å². The molecule has 1 saturated carbocycles. The molecule has 0 aromatic heterocycles. The first-order valence-electron chi connectivity index (χ1n) is 5.78. The van der Waals surface area contributed by atoms with Gasteiger partial charge in [0.25, 0.3) is 0 Å². The van der Waals surface area contributed by atoms with Gasteiger partial charge in [-0.1, -0.05) is 0 Å². The summed E-state index contributed by atoms with van der Waals surface area (Å²) in [5.41, 5.74) is 5.87. The average Bonchev–Trinajstić information content (AvgIpc) is 3.01. The SMILES string of the molecule is CC1OCCC1SCC(N)(CO)C1CC1. The third kappa shape index (κ3) is 2.67. The minimum Gasteiger partial charge on any atom is -0.394 e. The van der Waals surface area contributed by atoms with Crippen LogP contribution >= 0.6 is 11.8 Å². The van der Waals surface area contributed by atoms with Crippen molar-refractivity contribution in [3.8, 4) is 0 Å². The minimum atomic E-state index is -0.340. The van der Waals surface area contributed by atoms with E-state index in [1.807, 2.05) is 11.8 Å². The molecule has 2 fully saturated rings. The van der Waals surface area contributed by atoms with Crippen LogP contribution in [0.5, 0.6) is 0 Å². The highest BCUT2D eigenvalue weighted by molar-refractivity contribution is 8.00. The standard InChI is InChI=1S/C11H21NO2S/c1-8-10(4-5-14-8)15-7-11(12,6-13)9-2-3-9/h8-10,13H,2-7,12H2,1H3. The number of aliphatic hydroxyl groups excluding tert-OH is 1. The van der Waals surface area contributed by atoms with E-state index in [1.165, 1.54) is 12.8 Å². The number of rotatable bonds is 5. The van der Waals surface area contributed by atoms with E-state index in [4.69, 9.17) is 10.5 Å². The molecule has 1 aliphatic heterocycles. The topological polar surface area (TPSA) is 55.5 Å². The van der Waals surface area contributed by atoms with E-state index >= 15 is 0 Å². The van der Waals surface area contributed by atoms with Crippen molar-refractivity contribution in [1.29, 1.82) is 0 Å². The molecule has 3 atom stereocenters. The molecule has 3 unspecified atom stereocenters. The van der Waals surface area contributed by atoms with Crippen LogP contribution < -0.4 is 5.73 Å². The molecule has 3 N–H and O–H groups in total. The first-order valence-corrected chi connectivity index (χ1v) is 6.83. The number of hydrogen-bond donors (Lipinski definition) is 2. The molecule has 0 amide bonds. The van der Waals surface area contributed by atoms with Crippen LogP contribution in [0.1, 0.15) is 26.2 Å². The van der Waals surface area contributed by atoms with Crippen molar-refractivity contribution in [2.45, 2.75) is 43.1 Å². The maximum atomic E-state index is 9.37. The normalized spacial score (nSPS) is 35.4. The predicted octanol–water partition coefficient (Wildman–Crippen LogP) is 0.997. The smallest absolute Gasteiger partial charge is 0.0666 e. The molecule has 0 bridgehead atoms. The van der Waals surface area contributed by atoms with Crippen molar-refractivity contribution in [1.82, 2.24) is 0 Å². The highest BCUT2D eigenvalue weighted by Gasteiger charge is 2.42. The van der Waals surface area contributed by atoms with Gasteiger partial charge in [0.2, 0.25) is 0 Å². The Morgan fingerprint density at radius 3 is 2.67 bits per heavy atom. The molecule has 1 saturated heterocycles. The van der Waals surface area contributed by atoms with Gasteiger partial charge < -0.3 is 15.6 Å². The van der Waals surface area contributed by atoms with Crippen LogP contribution in [0.2, 0.25) is 0 Å². The summed E-state index contributed by atoms with van der Waals surface area (Å²) in [6, 6.07) is 0. The van der Waals surface area contributed by atoms with Gasteiger partial charge in [-0.15, -0.1) is 0 Å². The number of hydrogen-bond acceptors (Lipinski definition) is 4. The van der Waals surface area contributed by atoms with Gasteiger partial charge in [0, 0.05) is 17.6 Å². The Morgan fingerprint density at radius 1 is 1.47 bits per heavy atom. The van der Waals surface area contributed by atoms with Gasteiger partial charge in [0.1, 0.15) is 0 Å². The molecule has 1 heterocycles. The molecule has 1 aliphatic carbocycles. The molecule has 15 heavy (non-hydrogen) atoms. The summed E-state index contributed by atoms with van der Waals surface area (Å²) in [5.74, 6) is 1.42. The molecule has 4 heteroatoms. The summed E-state index contributed by atoms with van der Waals surface area (Å²) in [7, 11) is 0. The molecule has 0 aromatic rings. The largest absolute Gasteiger partial charge is 0.394 e. The van der Waals surface area contributed by atoms with Crippen LogP contribution in [0.3, 0.4) is 0 Å². The zero-order valence-electron chi connectivity index (χ0n) is 9.32. The predicted molar refractivity (Wildman–Crippen MR) is 63.0 cm³/mol. The van der Waals surface area contributed by atoms with Gasteiger partial charge in [0.05, 0.1) is 18.2 Å². The maximum Gasteiger partial charge on any atom is 0.0666 e. The first-order chi connectivity index (χ1) is 7.15. The van der Waals surface area contributed by atoms with Crippen LogP contribution in [-0.2, 0) is 4.74 Å². The molecule has 0 spiro atoms. The van der Waals surface area contributed by atoms with E-state index in [0.29, 0.717) is 17.3 Å². The summed E-state index contributed by atoms with van der Waals surface area (Å²) in [6.07, 6.45) is 3.85. The Morgan fingerprint density at radius 2 is 2.20 bits per heavy atom. The lowest BCUT2D eigenvalue weighted by molar-refractivity contribution is 0.127. The third-order valence-corrected chi connectivity index (χ3v) is 5.31. The lowest BCUT2D eigenvalue weighted by Crippen LogP contribution is -2.49. The maximum absolute atomic E-state index is 9.37. The van der Waals surface area contributed by atoms with Crippen LogP contribution in [0.25, 0.3) is 0 Å². The summed E-state index contributed by atoms with van der Waals surface area (Å²) in [4.78, 5) is 0. The first kappa shape index (κ1) is 11.7. The average molecular weight is 231 g/mol. The van der Waals surface area contributed by atoms with Gasteiger partial charge in [-0.2, -0.15) is 11.8 Å². The van der Waals surface area contributed by atoms with Crippen molar-refractivity contribution < 1.29 is 9.84 Å². The van der Waals surface area contributed by atoms with Gasteiger partial charge in [0.15, 0.2) is 0 Å². The van der Waals surface area contributed by atoms with Gasteiger partial charge in [-0.25, -0.2) is 0 Å². The molecular formula is C11H21NO2S. The van der Waals surface area contributed by atoms with Crippen molar-refractivity contribution in [2.24, 2.45) is 11.7 Å². The van der Waals surface area contributed by atoms with E-state index in [2.05, 4.69) is 6.92 Å². The second-order valence-corrected chi connectivity index (χ2v) is 6.11. The second-order valence-electron chi connectivity index (χ2n) is 4.88. The molecule has 2 rings (SSSR count). The van der Waals surface area contributed by atoms with Crippen molar-refractivity contribution >= 4 is 11.8 Å². The van der Waals surface area contributed by atoms with Crippen LogP contribution in [-0.4, -0.2) is 41.0 Å². The van der Waals surface area contributed by atoms with E-state index in [1.54, 1.807) is 0 Å². The Kier molecular flexibility index (Phi) is 3.60. The van der Waals surface area contributed by atoms with E-state index in [9.17, 15) is 5.11 Å². The second kappa shape index (κ2) is 4.62. The van der Waals surface area contributed by atoms with E-state index in [-0.39, 0.29) is 12.1 Å². The number of thioether (sulfide) groups is 1. The lowest BCUT2D eigenvalue weighted by atomic mass is 9.99. The molecule has 88 valence electrons. The third-order valence-electron chi connectivity index (χ3n) is 3.56. The Bertz CT molecular complexity index is 223. The zero-order chi connectivity index (χ0) is 10.9. The fourth-order valence-corrected chi connectivity index (χ4v) is 3.61. The van der Waals surface area contributed by atoms with Crippen molar-refractivity contribution in [3.05, 3.63) is 0 Å². The Hall–Kier alpha value is 0.230. The molecule has 0 radical (unpaired) electrons. The lowest BCUT2D eigenvalue weighted by Gasteiger charge is -2.28. The molecule has 0 aromatic carbocycles. The Labute approximate surface area is 95.7 Å². The van der Waals surface area contributed by atoms with Gasteiger partial charge >= 0.3 is 0 Å². The summed E-state index contributed by atoms with van der Waals surface area (Å²) < 4.78 is 5.52. The number of aliphatic hydroxyl groups is 1. The van der Waals surface area contributed by atoms with E-state index < -0.39 is 0 Å². The van der Waals surface area contributed by atoms with Crippen LogP contribution in [0.15, 0.2) is 0 Å². The molecule has 3 nitrogen and oxygen atoms in total. The summed E-state index contributed by atoms with van der Waals surface area (Å²) in [5, 5.41) is 9.93. The summed E-state index contributed by atoms with van der Waals surface area (Å²) in [6.45, 7) is 3.12. The number of nitrogens with two attached hydrogens (primary N) is 1. The van der Waals surface area contributed by atoms with Crippen molar-refractivity contribution in [2.75, 3.05) is 19.0 Å². The van der Waals surface area contributed by atoms with Gasteiger partial charge in [-0.3, -0.25) is 0 Å². The zero-order valence-corrected chi connectivity index (χ0v) is 10.1.